The molecule has 1 aromatic heterocycles. The summed E-state index contributed by atoms with van der Waals surface area (Å²) in [5.41, 5.74) is 2.43. The second-order valence-corrected chi connectivity index (χ2v) is 13.8. The lowest BCUT2D eigenvalue weighted by atomic mass is 9.87. The predicted molar refractivity (Wildman–Crippen MR) is 162 cm³/mol. The monoisotopic (exact) mass is 588 g/mol. The van der Waals surface area contributed by atoms with Gasteiger partial charge in [0.2, 0.25) is 5.95 Å². The van der Waals surface area contributed by atoms with Gasteiger partial charge in [-0.15, -0.1) is 0 Å². The summed E-state index contributed by atoms with van der Waals surface area (Å²) in [4.78, 5) is 16.9. The van der Waals surface area contributed by atoms with Crippen LogP contribution in [0.4, 0.5) is 21.8 Å². The predicted octanol–water partition coefficient (Wildman–Crippen LogP) is 3.16. The van der Waals surface area contributed by atoms with Crippen molar-refractivity contribution in [2.24, 2.45) is 10.9 Å². The molecule has 2 aliphatic rings. The van der Waals surface area contributed by atoms with Gasteiger partial charge in [-0.3, -0.25) is 0 Å². The molecule has 0 radical (unpaired) electrons. The van der Waals surface area contributed by atoms with Crippen LogP contribution < -0.4 is 15.1 Å². The number of rotatable bonds is 10. The zero-order chi connectivity index (χ0) is 30.1. The summed E-state index contributed by atoms with van der Waals surface area (Å²) in [5, 5.41) is 23.3. The summed E-state index contributed by atoms with van der Waals surface area (Å²) in [6, 6.07) is 5.77. The number of hydrogen-bond acceptors (Lipinski definition) is 10. The van der Waals surface area contributed by atoms with E-state index in [2.05, 4.69) is 31.9 Å². The molecule has 0 spiro atoms. The SMILES string of the molecule is C=N/C(=C\c1c([C@H](C)CO)ccc(N2C[C@H](CS(C)(=O)=O)[C@H]2C)c1C)Nc1ccnc(N2CC[C@@](C)(O)[C@@H](F)C2)n1. The van der Waals surface area contributed by atoms with E-state index in [1.807, 2.05) is 39.0 Å². The molecule has 3 N–H and O–H groups in total. The average Bonchev–Trinajstić information content (AvgIpc) is 2.92. The fourth-order valence-electron chi connectivity index (χ4n) is 5.50. The van der Waals surface area contributed by atoms with Crippen molar-refractivity contribution in [1.82, 2.24) is 9.97 Å². The van der Waals surface area contributed by atoms with E-state index in [-0.39, 0.29) is 43.2 Å². The van der Waals surface area contributed by atoms with Gasteiger partial charge in [-0.25, -0.2) is 22.8 Å². The number of anilines is 3. The first-order chi connectivity index (χ1) is 19.2. The molecule has 5 atom stereocenters. The first-order valence-corrected chi connectivity index (χ1v) is 15.9. The maximum atomic E-state index is 14.5. The van der Waals surface area contributed by atoms with Crippen molar-refractivity contribution in [3.63, 3.8) is 0 Å². The Bertz CT molecular complexity index is 1420. The Labute approximate surface area is 242 Å². The molecular formula is C29H41FN6O4S. The zero-order valence-corrected chi connectivity index (χ0v) is 25.2. The number of sulfone groups is 1. The van der Waals surface area contributed by atoms with Gasteiger partial charge in [-0.2, -0.15) is 4.98 Å². The van der Waals surface area contributed by atoms with E-state index in [4.69, 9.17) is 0 Å². The standard InChI is InChI=1S/C29H41FN6O4S/c1-18(16-37)22-7-8-24(36-14-21(20(36)3)17-41(6,39)40)19(2)23(22)13-27(31-5)33-26-9-11-32-28(34-26)35-12-10-29(4,38)25(30)15-35/h7-9,11,13,18,20-21,25,37-38H,5,10,12,14-17H2,1-4,6H3,(H,32,33,34)/b27-13+/t18-,20-,21-,25+,29-/m1/s1. The molecule has 41 heavy (non-hydrogen) atoms. The normalized spacial score (nSPS) is 26.0. The summed E-state index contributed by atoms with van der Waals surface area (Å²) in [6.07, 6.45) is 3.56. The molecule has 1 aromatic carbocycles. The summed E-state index contributed by atoms with van der Waals surface area (Å²) in [5.74, 6) is 1.32. The molecule has 3 heterocycles. The highest BCUT2D eigenvalue weighted by Gasteiger charge is 2.39. The third-order valence-electron chi connectivity index (χ3n) is 8.33. The van der Waals surface area contributed by atoms with Crippen LogP contribution in [0, 0.1) is 12.8 Å². The van der Waals surface area contributed by atoms with Crippen LogP contribution in [0.15, 0.2) is 35.2 Å². The Balaban J connectivity index is 1.62. The second kappa shape index (κ2) is 12.0. The molecule has 2 aromatic rings. The second-order valence-electron chi connectivity index (χ2n) is 11.6. The minimum atomic E-state index is -3.06. The summed E-state index contributed by atoms with van der Waals surface area (Å²) in [7, 11) is -3.06. The number of piperidine rings is 1. The molecule has 0 aliphatic carbocycles. The Morgan fingerprint density at radius 3 is 2.71 bits per heavy atom. The molecule has 0 bridgehead atoms. The fraction of sp³-hybridized carbons (Fsp3) is 0.552. The maximum Gasteiger partial charge on any atom is 0.227 e. The van der Waals surface area contributed by atoms with Crippen LogP contribution >= 0.6 is 0 Å². The summed E-state index contributed by atoms with van der Waals surface area (Å²) in [6.45, 7) is 12.2. The lowest BCUT2D eigenvalue weighted by Gasteiger charge is -2.48. The quantitative estimate of drug-likeness (QED) is 0.358. The third kappa shape index (κ3) is 6.87. The number of aliphatic imine (C=N–C) groups is 1. The molecule has 224 valence electrons. The number of benzene rings is 1. The van der Waals surface area contributed by atoms with Gasteiger partial charge >= 0.3 is 0 Å². The minimum absolute atomic E-state index is 0.00673. The molecule has 2 fully saturated rings. The van der Waals surface area contributed by atoms with Gasteiger partial charge in [0.05, 0.1) is 17.9 Å². The van der Waals surface area contributed by atoms with Gasteiger partial charge in [0.1, 0.15) is 27.6 Å². The number of nitrogens with one attached hydrogen (secondary N) is 1. The number of aromatic nitrogens is 2. The fourth-order valence-corrected chi connectivity index (χ4v) is 6.66. The number of aliphatic hydroxyl groups excluding tert-OH is 1. The van der Waals surface area contributed by atoms with E-state index in [0.29, 0.717) is 30.7 Å². The number of hydrogen-bond donors (Lipinski definition) is 3. The Morgan fingerprint density at radius 1 is 1.37 bits per heavy atom. The highest BCUT2D eigenvalue weighted by Crippen LogP contribution is 2.38. The van der Waals surface area contributed by atoms with Crippen molar-refractivity contribution in [1.29, 1.82) is 0 Å². The smallest absolute Gasteiger partial charge is 0.227 e. The molecule has 2 saturated heterocycles. The van der Waals surface area contributed by atoms with Crippen molar-refractivity contribution in [2.75, 3.05) is 53.4 Å². The topological polar surface area (TPSA) is 131 Å². The van der Waals surface area contributed by atoms with E-state index in [1.165, 1.54) is 13.2 Å². The minimum Gasteiger partial charge on any atom is -0.396 e. The van der Waals surface area contributed by atoms with Gasteiger partial charge in [-0.05, 0) is 68.8 Å². The van der Waals surface area contributed by atoms with Gasteiger partial charge in [0.25, 0.3) is 0 Å². The largest absolute Gasteiger partial charge is 0.396 e. The van der Waals surface area contributed by atoms with Crippen molar-refractivity contribution >= 4 is 40.1 Å². The van der Waals surface area contributed by atoms with Gasteiger partial charge < -0.3 is 25.3 Å². The summed E-state index contributed by atoms with van der Waals surface area (Å²) >= 11 is 0. The van der Waals surface area contributed by atoms with E-state index in [0.717, 1.165) is 22.4 Å². The molecule has 0 saturated carbocycles. The van der Waals surface area contributed by atoms with Crippen LogP contribution in [0.2, 0.25) is 0 Å². The van der Waals surface area contributed by atoms with Gasteiger partial charge in [-0.1, -0.05) is 13.0 Å². The molecular weight excluding hydrogens is 547 g/mol. The highest BCUT2D eigenvalue weighted by molar-refractivity contribution is 7.90. The van der Waals surface area contributed by atoms with Crippen molar-refractivity contribution in [2.45, 2.75) is 57.8 Å². The average molecular weight is 589 g/mol. The maximum absolute atomic E-state index is 14.5. The van der Waals surface area contributed by atoms with E-state index in [1.54, 1.807) is 17.2 Å². The van der Waals surface area contributed by atoms with Crippen LogP contribution in [0.1, 0.15) is 49.8 Å². The third-order valence-corrected chi connectivity index (χ3v) is 9.37. The van der Waals surface area contributed by atoms with E-state index < -0.39 is 21.6 Å². The number of nitrogens with zero attached hydrogens (tertiary/aromatic N) is 5. The zero-order valence-electron chi connectivity index (χ0n) is 24.4. The molecule has 2 aliphatic heterocycles. The molecule has 12 heteroatoms. The number of halogens is 1. The van der Waals surface area contributed by atoms with Crippen LogP contribution in [0.25, 0.3) is 6.08 Å². The van der Waals surface area contributed by atoms with Crippen LogP contribution in [-0.2, 0) is 9.84 Å². The lowest BCUT2D eigenvalue weighted by molar-refractivity contribution is -0.0332. The lowest BCUT2D eigenvalue weighted by Crippen LogP contribution is -2.57. The first-order valence-electron chi connectivity index (χ1n) is 13.8. The Morgan fingerprint density at radius 2 is 2.10 bits per heavy atom. The molecule has 0 unspecified atom stereocenters. The van der Waals surface area contributed by atoms with E-state index in [9.17, 15) is 23.0 Å². The van der Waals surface area contributed by atoms with Crippen molar-refractivity contribution in [3.05, 3.63) is 46.9 Å². The van der Waals surface area contributed by atoms with Crippen molar-refractivity contribution < 1.29 is 23.0 Å². The molecule has 0 amide bonds. The molecule has 10 nitrogen and oxygen atoms in total. The van der Waals surface area contributed by atoms with Crippen LogP contribution in [0.3, 0.4) is 0 Å². The van der Waals surface area contributed by atoms with Crippen LogP contribution in [0.5, 0.6) is 0 Å². The van der Waals surface area contributed by atoms with Crippen LogP contribution in [-0.4, -0.2) is 91.4 Å². The van der Waals surface area contributed by atoms with E-state index >= 15 is 0 Å². The molecule has 4 rings (SSSR count). The Hall–Kier alpha value is -3.09. The first kappa shape index (κ1) is 30.9. The Kier molecular flexibility index (Phi) is 9.05. The van der Waals surface area contributed by atoms with Gasteiger partial charge in [0.15, 0.2) is 0 Å². The number of alkyl halides is 1. The van der Waals surface area contributed by atoms with Crippen molar-refractivity contribution in [3.8, 4) is 0 Å². The number of aliphatic hydroxyl groups is 2. The summed E-state index contributed by atoms with van der Waals surface area (Å²) < 4.78 is 38.2. The van der Waals surface area contributed by atoms with Gasteiger partial charge in [0, 0.05) is 55.7 Å². The highest BCUT2D eigenvalue weighted by atomic mass is 32.2.